The first-order valence-corrected chi connectivity index (χ1v) is 9.02. The summed E-state index contributed by atoms with van der Waals surface area (Å²) in [5, 5.41) is 14.6. The lowest BCUT2D eigenvalue weighted by atomic mass is 10.0. The van der Waals surface area contributed by atoms with Crippen molar-refractivity contribution in [1.82, 2.24) is 4.90 Å². The van der Waals surface area contributed by atoms with E-state index in [0.29, 0.717) is 10.6 Å². The largest absolute Gasteiger partial charge is 0.481 e. The van der Waals surface area contributed by atoms with Crippen molar-refractivity contribution >= 4 is 33.5 Å². The van der Waals surface area contributed by atoms with Crippen LogP contribution < -0.4 is 5.14 Å². The Balaban J connectivity index is 2.26. The Morgan fingerprint density at radius 2 is 2.17 bits per heavy atom. The number of hydrogen-bond donors (Lipinski definition) is 2. The van der Waals surface area contributed by atoms with E-state index < -0.39 is 28.0 Å². The highest BCUT2D eigenvalue weighted by atomic mass is 35.5. The third kappa shape index (κ3) is 4.92. The molecule has 0 spiro atoms. The smallest absolute Gasteiger partial charge is 0.305 e. The van der Waals surface area contributed by atoms with Crippen LogP contribution in [-0.4, -0.2) is 42.6 Å². The molecule has 9 heteroatoms. The number of carbonyl (C=O) groups is 2. The van der Waals surface area contributed by atoms with Crippen molar-refractivity contribution < 1.29 is 23.1 Å². The summed E-state index contributed by atoms with van der Waals surface area (Å²) in [6.07, 6.45) is -0.249. The molecule has 126 valence electrons. The number of nitrogens with two attached hydrogens (primary N) is 1. The van der Waals surface area contributed by atoms with Crippen molar-refractivity contribution in [2.45, 2.75) is 18.9 Å². The SMILES string of the molecule is NS(=O)(=O)CC1CC(=O)N(C(CC(=O)O)c2cccc(Cl)c2)C1. The molecule has 1 aliphatic heterocycles. The molecule has 3 N–H and O–H groups in total. The molecule has 1 aromatic rings. The standard InChI is InChI=1S/C14H17ClN2O5S/c15-11-3-1-2-10(5-11)12(6-14(19)20)17-7-9(4-13(17)18)8-23(16,21)22/h1-3,5,9,12H,4,6-8H2,(H,19,20)(H2,16,21,22). The molecule has 0 radical (unpaired) electrons. The van der Waals surface area contributed by atoms with Gasteiger partial charge in [-0.3, -0.25) is 9.59 Å². The van der Waals surface area contributed by atoms with Crippen molar-refractivity contribution in [2.24, 2.45) is 11.1 Å². The van der Waals surface area contributed by atoms with Gasteiger partial charge in [0.1, 0.15) is 0 Å². The molecule has 0 aromatic heterocycles. The minimum atomic E-state index is -3.69. The highest BCUT2D eigenvalue weighted by Gasteiger charge is 2.37. The molecule has 2 atom stereocenters. The fraction of sp³-hybridized carbons (Fsp3) is 0.429. The molecule has 2 rings (SSSR count). The molecule has 23 heavy (non-hydrogen) atoms. The summed E-state index contributed by atoms with van der Waals surface area (Å²) in [6, 6.07) is 5.94. The lowest BCUT2D eigenvalue weighted by Crippen LogP contribution is -2.33. The van der Waals surface area contributed by atoms with Gasteiger partial charge in [-0.1, -0.05) is 23.7 Å². The molecule has 7 nitrogen and oxygen atoms in total. The van der Waals surface area contributed by atoms with Crippen molar-refractivity contribution in [1.29, 1.82) is 0 Å². The van der Waals surface area contributed by atoms with Crippen LogP contribution in [0.2, 0.25) is 5.02 Å². The van der Waals surface area contributed by atoms with Gasteiger partial charge in [0.25, 0.3) is 0 Å². The average molecular weight is 361 g/mol. The molecule has 1 amide bonds. The molecule has 1 fully saturated rings. The van der Waals surface area contributed by atoms with Gasteiger partial charge >= 0.3 is 5.97 Å². The third-order valence-electron chi connectivity index (χ3n) is 3.68. The summed E-state index contributed by atoms with van der Waals surface area (Å²) in [4.78, 5) is 24.8. The van der Waals surface area contributed by atoms with E-state index in [4.69, 9.17) is 21.8 Å². The molecule has 0 bridgehead atoms. The van der Waals surface area contributed by atoms with Gasteiger partial charge in [-0.25, -0.2) is 13.6 Å². The van der Waals surface area contributed by atoms with Crippen molar-refractivity contribution in [3.63, 3.8) is 0 Å². The van der Waals surface area contributed by atoms with Crippen LogP contribution in [0.5, 0.6) is 0 Å². The number of carboxylic acid groups (broad SMARTS) is 1. The van der Waals surface area contributed by atoms with Gasteiger partial charge in [0.2, 0.25) is 15.9 Å². The average Bonchev–Trinajstić information content (AvgIpc) is 2.74. The topological polar surface area (TPSA) is 118 Å². The number of carboxylic acids is 1. The summed E-state index contributed by atoms with van der Waals surface area (Å²) in [6.45, 7) is 0.153. The van der Waals surface area contributed by atoms with Crippen molar-refractivity contribution in [3.8, 4) is 0 Å². The quantitative estimate of drug-likeness (QED) is 0.784. The summed E-state index contributed by atoms with van der Waals surface area (Å²) in [5.41, 5.74) is 0.601. The Morgan fingerprint density at radius 3 is 2.74 bits per heavy atom. The monoisotopic (exact) mass is 360 g/mol. The first-order valence-electron chi connectivity index (χ1n) is 6.93. The third-order valence-corrected chi connectivity index (χ3v) is 4.86. The summed E-state index contributed by atoms with van der Waals surface area (Å²) >= 11 is 5.94. The van der Waals surface area contributed by atoms with Crippen molar-refractivity contribution in [2.75, 3.05) is 12.3 Å². The lowest BCUT2D eigenvalue weighted by Gasteiger charge is -2.27. The molecular weight excluding hydrogens is 344 g/mol. The Hall–Kier alpha value is -1.64. The maximum absolute atomic E-state index is 12.2. The fourth-order valence-electron chi connectivity index (χ4n) is 2.84. The second kappa shape index (κ2) is 6.86. The zero-order chi connectivity index (χ0) is 17.2. The molecular formula is C14H17ClN2O5S. The van der Waals surface area contributed by atoms with E-state index in [0.717, 1.165) is 0 Å². The second-order valence-corrected chi connectivity index (χ2v) is 7.71. The van der Waals surface area contributed by atoms with Gasteiger partial charge in [0.05, 0.1) is 18.2 Å². The highest BCUT2D eigenvalue weighted by Crippen LogP contribution is 2.32. The van der Waals surface area contributed by atoms with E-state index in [9.17, 15) is 18.0 Å². The minimum absolute atomic E-state index is 0.0348. The minimum Gasteiger partial charge on any atom is -0.481 e. The number of sulfonamides is 1. The molecule has 0 saturated carbocycles. The number of likely N-dealkylation sites (tertiary alicyclic amines) is 1. The zero-order valence-electron chi connectivity index (χ0n) is 12.2. The van der Waals surface area contributed by atoms with Crippen LogP contribution in [0.3, 0.4) is 0 Å². The summed E-state index contributed by atoms with van der Waals surface area (Å²) in [5.74, 6) is -2.08. The summed E-state index contributed by atoms with van der Waals surface area (Å²) in [7, 11) is -3.69. The van der Waals surface area contributed by atoms with Crippen LogP contribution in [0.4, 0.5) is 0 Å². The molecule has 1 aliphatic rings. The number of halogens is 1. The number of hydrogen-bond acceptors (Lipinski definition) is 4. The predicted octanol–water partition coefficient (Wildman–Crippen LogP) is 0.993. The lowest BCUT2D eigenvalue weighted by molar-refractivity contribution is -0.139. The maximum Gasteiger partial charge on any atom is 0.305 e. The van der Waals surface area contributed by atoms with Crippen LogP contribution in [0.1, 0.15) is 24.4 Å². The van der Waals surface area contributed by atoms with Crippen LogP contribution in [0, 0.1) is 5.92 Å². The zero-order valence-corrected chi connectivity index (χ0v) is 13.8. The van der Waals surface area contributed by atoms with Crippen molar-refractivity contribution in [3.05, 3.63) is 34.9 Å². The predicted molar refractivity (Wildman–Crippen MR) is 84.2 cm³/mol. The highest BCUT2D eigenvalue weighted by molar-refractivity contribution is 7.89. The van der Waals surface area contributed by atoms with E-state index in [1.807, 2.05) is 0 Å². The van der Waals surface area contributed by atoms with Crippen LogP contribution >= 0.6 is 11.6 Å². The Morgan fingerprint density at radius 1 is 1.48 bits per heavy atom. The Bertz CT molecular complexity index is 722. The number of carbonyl (C=O) groups excluding carboxylic acids is 1. The van der Waals surface area contributed by atoms with Gasteiger partial charge < -0.3 is 10.0 Å². The van der Waals surface area contributed by atoms with E-state index in [1.54, 1.807) is 24.3 Å². The van der Waals surface area contributed by atoms with Gasteiger partial charge in [0.15, 0.2) is 0 Å². The maximum atomic E-state index is 12.2. The molecule has 1 heterocycles. The van der Waals surface area contributed by atoms with E-state index in [1.165, 1.54) is 4.90 Å². The first kappa shape index (κ1) is 17.7. The first-order chi connectivity index (χ1) is 10.7. The number of nitrogens with zero attached hydrogens (tertiary/aromatic N) is 1. The number of amides is 1. The fourth-order valence-corrected chi connectivity index (χ4v) is 3.92. The molecule has 0 aliphatic carbocycles. The second-order valence-electron chi connectivity index (χ2n) is 5.61. The number of aliphatic carboxylic acids is 1. The van der Waals surface area contributed by atoms with E-state index in [-0.39, 0.29) is 31.0 Å². The molecule has 1 saturated heterocycles. The normalized spacial score (nSPS) is 19.8. The van der Waals surface area contributed by atoms with E-state index in [2.05, 4.69) is 0 Å². The Kier molecular flexibility index (Phi) is 5.28. The van der Waals surface area contributed by atoms with Gasteiger partial charge in [0, 0.05) is 23.9 Å². The van der Waals surface area contributed by atoms with Gasteiger partial charge in [-0.2, -0.15) is 0 Å². The van der Waals surface area contributed by atoms with Gasteiger partial charge in [-0.15, -0.1) is 0 Å². The Labute approximate surface area is 139 Å². The molecule has 1 aromatic carbocycles. The van der Waals surface area contributed by atoms with Crippen LogP contribution in [0.25, 0.3) is 0 Å². The van der Waals surface area contributed by atoms with Crippen LogP contribution in [0.15, 0.2) is 24.3 Å². The number of rotatable bonds is 6. The van der Waals surface area contributed by atoms with Gasteiger partial charge in [-0.05, 0) is 17.7 Å². The summed E-state index contributed by atoms with van der Waals surface area (Å²) < 4.78 is 22.4. The number of primary sulfonamides is 1. The van der Waals surface area contributed by atoms with Crippen LogP contribution in [-0.2, 0) is 19.6 Å². The van der Waals surface area contributed by atoms with E-state index >= 15 is 0 Å². The number of benzene rings is 1. The molecule has 2 unspecified atom stereocenters.